The fraction of sp³-hybridized carbons (Fsp3) is 0.636. The number of aromatic nitrogens is 2. The number of anilines is 1. The number of hydrazine groups is 1. The Morgan fingerprint density at radius 2 is 1.95 bits per heavy atom. The zero-order valence-electron chi connectivity index (χ0n) is 11.2. The SMILES string of the molecule is CN(C1CCCCC1O)S(=O)(=O)c1cnc(NN)nc1. The lowest BCUT2D eigenvalue weighted by molar-refractivity contribution is 0.0638. The molecular formula is C11H19N5O3S. The van der Waals surface area contributed by atoms with Gasteiger partial charge in [-0.05, 0) is 12.8 Å². The van der Waals surface area contributed by atoms with Gasteiger partial charge in [0.1, 0.15) is 4.90 Å². The van der Waals surface area contributed by atoms with Crippen LogP contribution in [0.25, 0.3) is 0 Å². The molecule has 4 N–H and O–H groups in total. The van der Waals surface area contributed by atoms with E-state index in [2.05, 4.69) is 15.4 Å². The van der Waals surface area contributed by atoms with E-state index < -0.39 is 22.2 Å². The molecule has 1 heterocycles. The van der Waals surface area contributed by atoms with Gasteiger partial charge in [0.15, 0.2) is 0 Å². The predicted molar refractivity (Wildman–Crippen MR) is 73.1 cm³/mol. The van der Waals surface area contributed by atoms with Crippen molar-refractivity contribution in [2.75, 3.05) is 12.5 Å². The highest BCUT2D eigenvalue weighted by Crippen LogP contribution is 2.26. The molecule has 1 fully saturated rings. The van der Waals surface area contributed by atoms with Gasteiger partial charge < -0.3 is 5.11 Å². The van der Waals surface area contributed by atoms with Crippen LogP contribution in [-0.2, 0) is 10.0 Å². The quantitative estimate of drug-likeness (QED) is 0.515. The molecule has 20 heavy (non-hydrogen) atoms. The average molecular weight is 301 g/mol. The summed E-state index contributed by atoms with van der Waals surface area (Å²) in [7, 11) is -2.24. The lowest BCUT2D eigenvalue weighted by Gasteiger charge is -2.34. The molecule has 0 saturated heterocycles. The number of hydrogen-bond acceptors (Lipinski definition) is 7. The molecule has 0 aromatic carbocycles. The molecular weight excluding hydrogens is 282 g/mol. The van der Waals surface area contributed by atoms with Crippen LogP contribution in [0, 0.1) is 0 Å². The number of likely N-dealkylation sites (N-methyl/N-ethyl adjacent to an activating group) is 1. The second kappa shape index (κ2) is 6.00. The van der Waals surface area contributed by atoms with Crippen molar-refractivity contribution in [1.29, 1.82) is 0 Å². The van der Waals surface area contributed by atoms with Crippen molar-refractivity contribution in [3.8, 4) is 0 Å². The van der Waals surface area contributed by atoms with E-state index in [1.165, 1.54) is 23.7 Å². The molecule has 0 radical (unpaired) electrons. The molecule has 9 heteroatoms. The van der Waals surface area contributed by atoms with Crippen LogP contribution in [0.15, 0.2) is 17.3 Å². The first kappa shape index (κ1) is 15.1. The van der Waals surface area contributed by atoms with E-state index in [0.29, 0.717) is 12.8 Å². The predicted octanol–water partition coefficient (Wildman–Crippen LogP) is -0.314. The van der Waals surface area contributed by atoms with Gasteiger partial charge in [0, 0.05) is 7.05 Å². The summed E-state index contributed by atoms with van der Waals surface area (Å²) < 4.78 is 26.1. The van der Waals surface area contributed by atoms with E-state index in [1.54, 1.807) is 0 Å². The van der Waals surface area contributed by atoms with Crippen LogP contribution < -0.4 is 11.3 Å². The third-order valence-corrected chi connectivity index (χ3v) is 5.43. The lowest BCUT2D eigenvalue weighted by Crippen LogP contribution is -2.46. The Morgan fingerprint density at radius 3 is 2.50 bits per heavy atom. The number of hydrogen-bond donors (Lipinski definition) is 3. The summed E-state index contributed by atoms with van der Waals surface area (Å²) in [6, 6.07) is -0.402. The minimum absolute atomic E-state index is 0.0169. The lowest BCUT2D eigenvalue weighted by atomic mass is 9.93. The maximum Gasteiger partial charge on any atom is 0.246 e. The molecule has 8 nitrogen and oxygen atoms in total. The van der Waals surface area contributed by atoms with Gasteiger partial charge in [0.05, 0.1) is 24.5 Å². The van der Waals surface area contributed by atoms with Gasteiger partial charge in [-0.3, -0.25) is 5.43 Å². The Balaban J connectivity index is 2.23. The van der Waals surface area contributed by atoms with E-state index in [0.717, 1.165) is 12.8 Å². The van der Waals surface area contributed by atoms with Crippen LogP contribution in [0.5, 0.6) is 0 Å². The monoisotopic (exact) mass is 301 g/mol. The Labute approximate surface area is 118 Å². The number of nitrogens with two attached hydrogens (primary N) is 1. The van der Waals surface area contributed by atoms with E-state index in [9.17, 15) is 13.5 Å². The fourth-order valence-electron chi connectivity index (χ4n) is 2.38. The molecule has 1 saturated carbocycles. The zero-order chi connectivity index (χ0) is 14.8. The van der Waals surface area contributed by atoms with Crippen molar-refractivity contribution in [2.45, 2.75) is 42.7 Å². The maximum absolute atomic E-state index is 12.5. The molecule has 1 aliphatic carbocycles. The number of sulfonamides is 1. The van der Waals surface area contributed by atoms with Gasteiger partial charge in [0.2, 0.25) is 16.0 Å². The van der Waals surface area contributed by atoms with E-state index in [-0.39, 0.29) is 10.8 Å². The van der Waals surface area contributed by atoms with Crippen molar-refractivity contribution in [2.24, 2.45) is 5.84 Å². The first-order valence-electron chi connectivity index (χ1n) is 6.41. The second-order valence-electron chi connectivity index (χ2n) is 4.83. The number of nitrogens with one attached hydrogen (secondary N) is 1. The number of rotatable bonds is 4. The van der Waals surface area contributed by atoms with Crippen LogP contribution in [-0.4, -0.2) is 47.0 Å². The molecule has 2 atom stereocenters. The summed E-state index contributed by atoms with van der Waals surface area (Å²) in [5.74, 6) is 5.28. The Kier molecular flexibility index (Phi) is 4.53. The van der Waals surface area contributed by atoms with Gasteiger partial charge in [-0.15, -0.1) is 0 Å². The fourth-order valence-corrected chi connectivity index (χ4v) is 3.69. The smallest absolute Gasteiger partial charge is 0.246 e. The number of nitrogens with zero attached hydrogens (tertiary/aromatic N) is 3. The molecule has 0 bridgehead atoms. The third kappa shape index (κ3) is 2.90. The molecule has 112 valence electrons. The number of nitrogen functional groups attached to an aromatic ring is 1. The summed E-state index contributed by atoms with van der Waals surface area (Å²) >= 11 is 0. The minimum atomic E-state index is -3.72. The first-order valence-corrected chi connectivity index (χ1v) is 7.85. The van der Waals surface area contributed by atoms with Crippen molar-refractivity contribution < 1.29 is 13.5 Å². The van der Waals surface area contributed by atoms with Crippen LogP contribution >= 0.6 is 0 Å². The molecule has 2 rings (SSSR count). The molecule has 0 spiro atoms. The van der Waals surface area contributed by atoms with Gasteiger partial charge in [-0.1, -0.05) is 12.8 Å². The van der Waals surface area contributed by atoms with Gasteiger partial charge in [0.25, 0.3) is 0 Å². The average Bonchev–Trinajstić information content (AvgIpc) is 2.47. The van der Waals surface area contributed by atoms with Crippen molar-refractivity contribution in [3.63, 3.8) is 0 Å². The molecule has 1 aromatic rings. The van der Waals surface area contributed by atoms with Crippen molar-refractivity contribution in [3.05, 3.63) is 12.4 Å². The molecule has 2 unspecified atom stereocenters. The van der Waals surface area contributed by atoms with Crippen LogP contribution in [0.3, 0.4) is 0 Å². The number of aliphatic hydroxyl groups is 1. The van der Waals surface area contributed by atoms with Crippen LogP contribution in [0.4, 0.5) is 5.95 Å². The maximum atomic E-state index is 12.5. The Bertz CT molecular complexity index is 548. The molecule has 1 aliphatic rings. The second-order valence-corrected chi connectivity index (χ2v) is 6.82. The largest absolute Gasteiger partial charge is 0.391 e. The van der Waals surface area contributed by atoms with E-state index in [1.807, 2.05) is 0 Å². The summed E-state index contributed by atoms with van der Waals surface area (Å²) in [6.07, 6.45) is 4.87. The topological polar surface area (TPSA) is 121 Å². The third-order valence-electron chi connectivity index (χ3n) is 3.60. The summed E-state index contributed by atoms with van der Waals surface area (Å²) in [5.41, 5.74) is 2.23. The summed E-state index contributed by atoms with van der Waals surface area (Å²) in [6.45, 7) is 0. The van der Waals surface area contributed by atoms with Gasteiger partial charge in [-0.2, -0.15) is 4.31 Å². The number of aliphatic hydroxyl groups excluding tert-OH is 1. The standard InChI is InChI=1S/C11H19N5O3S/c1-16(9-4-2-3-5-10(9)17)20(18,19)8-6-13-11(15-12)14-7-8/h6-7,9-10,17H,2-5,12H2,1H3,(H,13,14,15). The van der Waals surface area contributed by atoms with Crippen molar-refractivity contribution >= 4 is 16.0 Å². The highest BCUT2D eigenvalue weighted by atomic mass is 32.2. The molecule has 1 aromatic heterocycles. The highest BCUT2D eigenvalue weighted by molar-refractivity contribution is 7.89. The summed E-state index contributed by atoms with van der Waals surface area (Å²) in [5, 5.41) is 9.97. The minimum Gasteiger partial charge on any atom is -0.391 e. The zero-order valence-corrected chi connectivity index (χ0v) is 12.0. The van der Waals surface area contributed by atoms with Crippen LogP contribution in [0.2, 0.25) is 0 Å². The van der Waals surface area contributed by atoms with E-state index in [4.69, 9.17) is 5.84 Å². The first-order chi connectivity index (χ1) is 9.46. The summed E-state index contributed by atoms with van der Waals surface area (Å²) in [4.78, 5) is 7.57. The van der Waals surface area contributed by atoms with Crippen LogP contribution in [0.1, 0.15) is 25.7 Å². The Morgan fingerprint density at radius 1 is 1.35 bits per heavy atom. The van der Waals surface area contributed by atoms with Gasteiger partial charge >= 0.3 is 0 Å². The van der Waals surface area contributed by atoms with E-state index >= 15 is 0 Å². The normalized spacial score (nSPS) is 23.8. The Hall–Kier alpha value is -1.29. The highest BCUT2D eigenvalue weighted by Gasteiger charge is 2.34. The molecule has 0 aliphatic heterocycles. The molecule has 0 amide bonds. The van der Waals surface area contributed by atoms with Crippen molar-refractivity contribution in [1.82, 2.24) is 14.3 Å². The van der Waals surface area contributed by atoms with Gasteiger partial charge in [-0.25, -0.2) is 24.2 Å².